The molecule has 0 amide bonds. The minimum Gasteiger partial charge on any atom is -0.493 e. The van der Waals surface area contributed by atoms with Gasteiger partial charge in [0.2, 0.25) is 0 Å². The number of fused-ring (bicyclic) bond motifs is 2. The number of rotatable bonds is 4. The van der Waals surface area contributed by atoms with Gasteiger partial charge >= 0.3 is 0 Å². The van der Waals surface area contributed by atoms with Gasteiger partial charge in [-0.15, -0.1) is 0 Å². The van der Waals surface area contributed by atoms with Crippen molar-refractivity contribution in [3.05, 3.63) is 88.2 Å². The molecule has 3 aromatic carbocycles. The summed E-state index contributed by atoms with van der Waals surface area (Å²) in [6, 6.07) is 20.2. The van der Waals surface area contributed by atoms with E-state index >= 15 is 0 Å². The molecule has 0 aliphatic carbocycles. The van der Waals surface area contributed by atoms with Crippen LogP contribution < -0.4 is 19.1 Å². The number of likely N-dealkylation sites (N-methyl/N-ethyl adjacent to an activating group) is 1. The number of thioether (sulfide) groups is 1. The lowest BCUT2D eigenvalue weighted by Crippen LogP contribution is -2.50. The number of benzene rings is 3. The SMILES string of the molecule is COc1cc([N+](=O)[O-])cc2c1OC1(Sc3ccccc3N1C)C(Oc1ccccc1)=C2. The Labute approximate surface area is 183 Å². The summed E-state index contributed by atoms with van der Waals surface area (Å²) in [6.07, 6.45) is 1.79. The summed E-state index contributed by atoms with van der Waals surface area (Å²) >= 11 is 1.51. The van der Waals surface area contributed by atoms with Crippen LogP contribution in [0.3, 0.4) is 0 Å². The van der Waals surface area contributed by atoms with E-state index in [1.165, 1.54) is 31.0 Å². The van der Waals surface area contributed by atoms with Crippen LogP contribution in [0.25, 0.3) is 6.08 Å². The number of nitro groups is 1. The summed E-state index contributed by atoms with van der Waals surface area (Å²) in [4.78, 5) is 14.0. The number of nitro benzene ring substituents is 1. The first-order valence-corrected chi connectivity index (χ1v) is 10.4. The lowest BCUT2D eigenvalue weighted by atomic mass is 10.1. The van der Waals surface area contributed by atoms with Gasteiger partial charge in [-0.1, -0.05) is 30.3 Å². The Bertz CT molecular complexity index is 1210. The van der Waals surface area contributed by atoms with E-state index in [4.69, 9.17) is 14.2 Å². The van der Waals surface area contributed by atoms with E-state index in [-0.39, 0.29) is 5.69 Å². The standard InChI is InChI=1S/C23H18N2O5S/c1-24-18-10-6-7-11-20(18)31-23(24)21(29-17-8-4-3-5-9-17)13-15-12-16(25(26)27)14-19(28-2)22(15)30-23/h3-14H,1-2H3. The maximum Gasteiger partial charge on any atom is 0.295 e. The maximum atomic E-state index is 11.4. The molecule has 0 bridgehead atoms. The molecule has 8 heteroatoms. The Morgan fingerprint density at radius 1 is 1.10 bits per heavy atom. The number of ether oxygens (including phenoxy) is 3. The van der Waals surface area contributed by atoms with E-state index in [0.29, 0.717) is 28.6 Å². The molecule has 0 N–H and O–H groups in total. The van der Waals surface area contributed by atoms with Gasteiger partial charge in [-0.25, -0.2) is 0 Å². The molecule has 0 fully saturated rings. The van der Waals surface area contributed by atoms with Crippen LogP contribution in [0, 0.1) is 10.1 Å². The number of hydrogen-bond donors (Lipinski definition) is 0. The summed E-state index contributed by atoms with van der Waals surface area (Å²) in [5.41, 5.74) is 1.44. The maximum absolute atomic E-state index is 11.4. The van der Waals surface area contributed by atoms with Crippen LogP contribution in [0.1, 0.15) is 5.56 Å². The quantitative estimate of drug-likeness (QED) is 0.407. The van der Waals surface area contributed by atoms with Crippen molar-refractivity contribution in [2.45, 2.75) is 9.95 Å². The Kier molecular flexibility index (Phi) is 4.51. The molecule has 5 rings (SSSR count). The highest BCUT2D eigenvalue weighted by molar-refractivity contribution is 8.01. The van der Waals surface area contributed by atoms with E-state index < -0.39 is 9.98 Å². The largest absolute Gasteiger partial charge is 0.493 e. The number of methoxy groups -OCH3 is 1. The molecule has 0 aromatic heterocycles. The molecule has 0 saturated heterocycles. The molecule has 7 nitrogen and oxygen atoms in total. The third kappa shape index (κ3) is 3.07. The average Bonchev–Trinajstić information content (AvgIpc) is 3.06. The summed E-state index contributed by atoms with van der Waals surface area (Å²) in [5, 5.41) is 10.4. The molecule has 0 saturated carbocycles. The summed E-state index contributed by atoms with van der Waals surface area (Å²) in [5.74, 6) is 1.88. The fraction of sp³-hybridized carbons (Fsp3) is 0.130. The minimum absolute atomic E-state index is 0.0822. The van der Waals surface area contributed by atoms with E-state index in [2.05, 4.69) is 0 Å². The van der Waals surface area contributed by atoms with Crippen LogP contribution in [0.4, 0.5) is 11.4 Å². The molecule has 31 heavy (non-hydrogen) atoms. The number of non-ortho nitro benzene ring substituents is 1. The molecule has 1 unspecified atom stereocenters. The van der Waals surface area contributed by atoms with Gasteiger partial charge in [0.05, 0.1) is 23.8 Å². The normalized spacial score (nSPS) is 18.6. The van der Waals surface area contributed by atoms with Crippen molar-refractivity contribution in [2.24, 2.45) is 0 Å². The second-order valence-electron chi connectivity index (χ2n) is 7.06. The van der Waals surface area contributed by atoms with Gasteiger partial charge in [0, 0.05) is 23.6 Å². The van der Waals surface area contributed by atoms with Crippen LogP contribution >= 0.6 is 11.8 Å². The van der Waals surface area contributed by atoms with E-state index in [1.54, 1.807) is 6.08 Å². The van der Waals surface area contributed by atoms with Crippen molar-refractivity contribution in [2.75, 3.05) is 19.1 Å². The fourth-order valence-corrected chi connectivity index (χ4v) is 5.03. The predicted octanol–water partition coefficient (Wildman–Crippen LogP) is 5.31. The first kappa shape index (κ1) is 19.3. The third-order valence-electron chi connectivity index (χ3n) is 5.22. The summed E-state index contributed by atoms with van der Waals surface area (Å²) < 4.78 is 18.3. The number of hydrogen-bond acceptors (Lipinski definition) is 7. The second-order valence-corrected chi connectivity index (χ2v) is 8.26. The molecule has 3 aromatic rings. The highest BCUT2D eigenvalue weighted by atomic mass is 32.2. The molecular weight excluding hydrogens is 416 g/mol. The minimum atomic E-state index is -1.03. The van der Waals surface area contributed by atoms with Gasteiger partial charge in [0.25, 0.3) is 10.7 Å². The lowest BCUT2D eigenvalue weighted by molar-refractivity contribution is -0.385. The molecule has 0 radical (unpaired) electrons. The van der Waals surface area contributed by atoms with Crippen molar-refractivity contribution in [3.63, 3.8) is 0 Å². The second kappa shape index (κ2) is 7.24. The topological polar surface area (TPSA) is 74.1 Å². The zero-order valence-electron chi connectivity index (χ0n) is 16.8. The van der Waals surface area contributed by atoms with Gasteiger partial charge in [0.1, 0.15) is 5.75 Å². The Balaban J connectivity index is 1.69. The van der Waals surface area contributed by atoms with Crippen LogP contribution in [0.15, 0.2) is 77.4 Å². The number of nitrogens with zero attached hydrogens (tertiary/aromatic N) is 2. The summed E-state index contributed by atoms with van der Waals surface area (Å²) in [6.45, 7) is 0. The first-order valence-electron chi connectivity index (χ1n) is 9.54. The predicted molar refractivity (Wildman–Crippen MR) is 119 cm³/mol. The molecule has 156 valence electrons. The molecule has 2 heterocycles. The Hall–Kier alpha value is -3.65. The van der Waals surface area contributed by atoms with E-state index in [1.807, 2.05) is 66.5 Å². The zero-order valence-corrected chi connectivity index (χ0v) is 17.6. The fourth-order valence-electron chi connectivity index (χ4n) is 3.71. The molecular formula is C23H18N2O5S. The van der Waals surface area contributed by atoms with Crippen molar-refractivity contribution in [1.82, 2.24) is 0 Å². The molecule has 1 spiro atoms. The monoisotopic (exact) mass is 434 g/mol. The van der Waals surface area contributed by atoms with E-state index in [9.17, 15) is 10.1 Å². The average molecular weight is 434 g/mol. The Morgan fingerprint density at radius 3 is 2.55 bits per heavy atom. The van der Waals surface area contributed by atoms with Crippen LogP contribution in [-0.4, -0.2) is 24.1 Å². The lowest BCUT2D eigenvalue weighted by Gasteiger charge is -2.40. The highest BCUT2D eigenvalue weighted by Crippen LogP contribution is 2.57. The summed E-state index contributed by atoms with van der Waals surface area (Å²) in [7, 11) is 3.40. The van der Waals surface area contributed by atoms with Crippen molar-refractivity contribution < 1.29 is 19.1 Å². The molecule has 2 aliphatic heterocycles. The van der Waals surface area contributed by atoms with Gasteiger partial charge in [0.15, 0.2) is 17.3 Å². The van der Waals surface area contributed by atoms with Gasteiger partial charge in [-0.05, 0) is 42.1 Å². The van der Waals surface area contributed by atoms with Crippen LogP contribution in [-0.2, 0) is 0 Å². The zero-order chi connectivity index (χ0) is 21.6. The third-order valence-corrected chi connectivity index (χ3v) is 6.63. The number of anilines is 1. The first-order chi connectivity index (χ1) is 15.0. The van der Waals surface area contributed by atoms with Crippen LogP contribution in [0.2, 0.25) is 0 Å². The van der Waals surface area contributed by atoms with Crippen molar-refractivity contribution in [3.8, 4) is 17.2 Å². The van der Waals surface area contributed by atoms with Gasteiger partial charge < -0.3 is 19.1 Å². The van der Waals surface area contributed by atoms with Crippen LogP contribution in [0.5, 0.6) is 17.2 Å². The van der Waals surface area contributed by atoms with Gasteiger partial charge in [-0.2, -0.15) is 0 Å². The highest BCUT2D eigenvalue weighted by Gasteiger charge is 2.53. The van der Waals surface area contributed by atoms with E-state index in [0.717, 1.165) is 10.6 Å². The molecule has 1 atom stereocenters. The van der Waals surface area contributed by atoms with Crippen molar-refractivity contribution >= 4 is 29.2 Å². The smallest absolute Gasteiger partial charge is 0.295 e. The van der Waals surface area contributed by atoms with Gasteiger partial charge in [-0.3, -0.25) is 10.1 Å². The Morgan fingerprint density at radius 2 is 1.84 bits per heavy atom. The van der Waals surface area contributed by atoms with Crippen molar-refractivity contribution in [1.29, 1.82) is 0 Å². The molecule has 2 aliphatic rings. The number of para-hydroxylation sites is 2.